The first-order chi connectivity index (χ1) is 18.4. The van der Waals surface area contributed by atoms with E-state index in [-0.39, 0.29) is 4.90 Å². The summed E-state index contributed by atoms with van der Waals surface area (Å²) in [6, 6.07) is 32.1. The smallest absolute Gasteiger partial charge is 0.264 e. The molecule has 0 aliphatic rings. The summed E-state index contributed by atoms with van der Waals surface area (Å²) < 4.78 is 30.0. The molecule has 1 heterocycles. The van der Waals surface area contributed by atoms with E-state index in [1.807, 2.05) is 48.5 Å². The number of hydrogen-bond acceptors (Lipinski definition) is 4. The largest absolute Gasteiger partial charge is 0.323 e. The van der Waals surface area contributed by atoms with Crippen LogP contribution in [0.1, 0.15) is 30.3 Å². The first kappa shape index (κ1) is 25.2. The predicted molar refractivity (Wildman–Crippen MR) is 151 cm³/mol. The molecule has 5 rings (SSSR count). The lowest BCUT2D eigenvalue weighted by Gasteiger charge is -2.20. The van der Waals surface area contributed by atoms with Crippen LogP contribution in [0.5, 0.6) is 0 Å². The van der Waals surface area contributed by atoms with E-state index in [0.29, 0.717) is 17.8 Å². The monoisotopic (exact) mass is 520 g/mol. The van der Waals surface area contributed by atoms with E-state index >= 15 is 0 Å². The van der Waals surface area contributed by atoms with Crippen LogP contribution in [-0.2, 0) is 23.0 Å². The Morgan fingerprint density at radius 1 is 0.921 bits per heavy atom. The van der Waals surface area contributed by atoms with Crippen molar-refractivity contribution in [3.8, 4) is 17.2 Å². The van der Waals surface area contributed by atoms with Crippen LogP contribution in [0.2, 0.25) is 0 Å². The average Bonchev–Trinajstić information content (AvgIpc) is 3.29. The number of hydrogen-bond donors (Lipinski definition) is 0. The zero-order valence-corrected chi connectivity index (χ0v) is 22.2. The number of nitrogens with zero attached hydrogens (tertiary/aromatic N) is 4. The molecule has 0 saturated carbocycles. The van der Waals surface area contributed by atoms with Crippen molar-refractivity contribution in [2.45, 2.75) is 31.2 Å². The lowest BCUT2D eigenvalue weighted by atomic mass is 9.99. The third kappa shape index (κ3) is 4.79. The molecule has 190 valence electrons. The van der Waals surface area contributed by atoms with Gasteiger partial charge < -0.3 is 4.57 Å². The van der Waals surface area contributed by atoms with Crippen molar-refractivity contribution in [2.24, 2.45) is 0 Å². The van der Waals surface area contributed by atoms with Gasteiger partial charge in [0.05, 0.1) is 33.2 Å². The Labute approximate surface area is 223 Å². The van der Waals surface area contributed by atoms with Crippen molar-refractivity contribution >= 4 is 26.7 Å². The Balaban J connectivity index is 1.51. The summed E-state index contributed by atoms with van der Waals surface area (Å²) in [6.45, 7) is 2.72. The summed E-state index contributed by atoms with van der Waals surface area (Å²) in [6.07, 6.45) is 1.76. The molecule has 0 saturated heterocycles. The Kier molecular flexibility index (Phi) is 6.99. The molecule has 0 atom stereocenters. The van der Waals surface area contributed by atoms with Crippen molar-refractivity contribution in [2.75, 3.05) is 11.4 Å². The van der Waals surface area contributed by atoms with Crippen molar-refractivity contribution in [3.05, 3.63) is 114 Å². The normalized spacial score (nSPS) is 11.4. The summed E-state index contributed by atoms with van der Waals surface area (Å²) in [5, 5.41) is 9.46. The summed E-state index contributed by atoms with van der Waals surface area (Å²) in [5.41, 5.74) is 5.94. The molecule has 0 bridgehead atoms. The number of imidazole rings is 1. The molecule has 0 aliphatic heterocycles. The van der Waals surface area contributed by atoms with E-state index < -0.39 is 10.0 Å². The minimum atomic E-state index is -3.69. The van der Waals surface area contributed by atoms with Gasteiger partial charge in [0.25, 0.3) is 10.0 Å². The molecule has 5 aromatic rings. The summed E-state index contributed by atoms with van der Waals surface area (Å²) in [4.78, 5) is 5.12. The SMILES string of the molecule is CCCc1nc2ccc(N(C)S(=O)(=O)c3ccccc3)cc2n1Cc1ccc(-c2ccccc2C#N)cc1. The fraction of sp³-hybridized carbons (Fsp3) is 0.161. The van der Waals surface area contributed by atoms with Gasteiger partial charge in [-0.3, -0.25) is 4.31 Å². The maximum atomic E-state index is 13.2. The molecule has 0 aliphatic carbocycles. The van der Waals surface area contributed by atoms with Gasteiger partial charge in [0.15, 0.2) is 0 Å². The first-order valence-corrected chi connectivity index (χ1v) is 14.0. The number of aryl methyl sites for hydroxylation is 1. The molecule has 0 amide bonds. The minimum absolute atomic E-state index is 0.251. The highest BCUT2D eigenvalue weighted by Crippen LogP contribution is 2.29. The summed E-state index contributed by atoms with van der Waals surface area (Å²) in [7, 11) is -2.11. The number of sulfonamides is 1. The van der Waals surface area contributed by atoms with Crippen LogP contribution in [-0.4, -0.2) is 25.0 Å². The third-order valence-electron chi connectivity index (χ3n) is 6.70. The molecule has 0 fully saturated rings. The van der Waals surface area contributed by atoms with Crippen LogP contribution in [0.25, 0.3) is 22.2 Å². The second-order valence-corrected chi connectivity index (χ2v) is 11.1. The number of fused-ring (bicyclic) bond motifs is 1. The molecule has 6 nitrogen and oxygen atoms in total. The topological polar surface area (TPSA) is 79.0 Å². The number of anilines is 1. The van der Waals surface area contributed by atoms with Gasteiger partial charge in [-0.2, -0.15) is 5.26 Å². The zero-order valence-electron chi connectivity index (χ0n) is 21.4. The van der Waals surface area contributed by atoms with E-state index in [9.17, 15) is 13.7 Å². The highest BCUT2D eigenvalue weighted by molar-refractivity contribution is 7.92. The van der Waals surface area contributed by atoms with Crippen LogP contribution in [0.15, 0.2) is 102 Å². The standard InChI is InChI=1S/C31H28N4O2S/c1-3-9-31-33-29-19-18-26(34(2)38(36,37)27-11-5-4-6-12-27)20-30(29)35(31)22-23-14-16-24(17-15-23)28-13-8-7-10-25(28)21-32/h4-8,10-20H,3,9,22H2,1-2H3. The summed E-state index contributed by atoms with van der Waals surface area (Å²) >= 11 is 0. The number of nitriles is 1. The van der Waals surface area contributed by atoms with Crippen molar-refractivity contribution in [3.63, 3.8) is 0 Å². The molecule has 38 heavy (non-hydrogen) atoms. The van der Waals surface area contributed by atoms with Crippen molar-refractivity contribution in [1.82, 2.24) is 9.55 Å². The molecular weight excluding hydrogens is 492 g/mol. The quantitative estimate of drug-likeness (QED) is 0.237. The molecular formula is C31H28N4O2S. The molecule has 0 unspecified atom stereocenters. The van der Waals surface area contributed by atoms with Gasteiger partial charge in [-0.15, -0.1) is 0 Å². The number of rotatable bonds is 8. The highest BCUT2D eigenvalue weighted by atomic mass is 32.2. The Bertz CT molecular complexity index is 1740. The lowest BCUT2D eigenvalue weighted by Crippen LogP contribution is -2.26. The number of aromatic nitrogens is 2. The van der Waals surface area contributed by atoms with Gasteiger partial charge in [0.1, 0.15) is 5.82 Å². The predicted octanol–water partition coefficient (Wildman–Crippen LogP) is 6.40. The van der Waals surface area contributed by atoms with Crippen LogP contribution >= 0.6 is 0 Å². The van der Waals surface area contributed by atoms with Gasteiger partial charge in [-0.1, -0.05) is 67.6 Å². The van der Waals surface area contributed by atoms with Crippen molar-refractivity contribution in [1.29, 1.82) is 5.26 Å². The fourth-order valence-electron chi connectivity index (χ4n) is 4.64. The lowest BCUT2D eigenvalue weighted by molar-refractivity contribution is 0.594. The highest BCUT2D eigenvalue weighted by Gasteiger charge is 2.22. The summed E-state index contributed by atoms with van der Waals surface area (Å²) in [5.74, 6) is 0.965. The van der Waals surface area contributed by atoms with Gasteiger partial charge >= 0.3 is 0 Å². The third-order valence-corrected chi connectivity index (χ3v) is 8.50. The van der Waals surface area contributed by atoms with Crippen LogP contribution in [0.4, 0.5) is 5.69 Å². The zero-order chi connectivity index (χ0) is 26.7. The van der Waals surface area contributed by atoms with E-state index in [0.717, 1.165) is 46.4 Å². The molecule has 1 aromatic heterocycles. The molecule has 0 N–H and O–H groups in total. The maximum Gasteiger partial charge on any atom is 0.264 e. The fourth-order valence-corrected chi connectivity index (χ4v) is 5.85. The Morgan fingerprint density at radius 2 is 1.63 bits per heavy atom. The van der Waals surface area contributed by atoms with Crippen LogP contribution < -0.4 is 4.31 Å². The van der Waals surface area contributed by atoms with Crippen LogP contribution in [0.3, 0.4) is 0 Å². The van der Waals surface area contributed by atoms with E-state index in [1.165, 1.54) is 4.31 Å². The van der Waals surface area contributed by atoms with E-state index in [2.05, 4.69) is 29.7 Å². The second-order valence-electron chi connectivity index (χ2n) is 9.18. The van der Waals surface area contributed by atoms with Crippen molar-refractivity contribution < 1.29 is 8.42 Å². The Morgan fingerprint density at radius 3 is 2.34 bits per heavy atom. The van der Waals surface area contributed by atoms with E-state index in [4.69, 9.17) is 4.98 Å². The minimum Gasteiger partial charge on any atom is -0.323 e. The molecule has 4 aromatic carbocycles. The maximum absolute atomic E-state index is 13.2. The first-order valence-electron chi connectivity index (χ1n) is 12.5. The second kappa shape index (κ2) is 10.5. The number of benzene rings is 4. The Hall–Kier alpha value is -4.41. The van der Waals surface area contributed by atoms with Gasteiger partial charge in [0.2, 0.25) is 0 Å². The van der Waals surface area contributed by atoms with Gasteiger partial charge in [-0.05, 0) is 59.5 Å². The van der Waals surface area contributed by atoms with Gasteiger partial charge in [0, 0.05) is 20.0 Å². The van der Waals surface area contributed by atoms with E-state index in [1.54, 1.807) is 43.4 Å². The van der Waals surface area contributed by atoms with Gasteiger partial charge in [-0.25, -0.2) is 13.4 Å². The molecule has 0 radical (unpaired) electrons. The average molecular weight is 521 g/mol. The molecule has 0 spiro atoms. The molecule has 7 heteroatoms. The van der Waals surface area contributed by atoms with Crippen LogP contribution in [0, 0.1) is 11.3 Å².